The average molecular weight is 244 g/mol. The second kappa shape index (κ2) is 5.03. The molecule has 0 saturated heterocycles. The molecule has 0 amide bonds. The van der Waals surface area contributed by atoms with E-state index in [2.05, 4.69) is 6.58 Å². The fourth-order valence-electron chi connectivity index (χ4n) is 1.48. The highest BCUT2D eigenvalue weighted by atomic mass is 19.4. The lowest BCUT2D eigenvalue weighted by molar-refractivity contribution is -0.140. The standard InChI is InChI=1S/C12H11F3O2/c1-2-4-10(11(16)17)8-5-3-6-9(7-8)12(13,14)15/h2-3,5-7,10H,1,4H2,(H,16,17). The number of hydrogen-bond donors (Lipinski definition) is 1. The zero-order valence-corrected chi connectivity index (χ0v) is 8.87. The Morgan fingerprint density at radius 3 is 2.59 bits per heavy atom. The number of halogens is 3. The molecule has 2 nitrogen and oxygen atoms in total. The summed E-state index contributed by atoms with van der Waals surface area (Å²) in [6.45, 7) is 3.39. The number of benzene rings is 1. The van der Waals surface area contributed by atoms with Crippen LogP contribution < -0.4 is 0 Å². The highest BCUT2D eigenvalue weighted by molar-refractivity contribution is 5.76. The molecule has 1 unspecified atom stereocenters. The van der Waals surface area contributed by atoms with Crippen LogP contribution in [0.4, 0.5) is 13.2 Å². The van der Waals surface area contributed by atoms with Crippen LogP contribution in [0.5, 0.6) is 0 Å². The molecule has 0 aromatic heterocycles. The van der Waals surface area contributed by atoms with Gasteiger partial charge in [0.2, 0.25) is 0 Å². The van der Waals surface area contributed by atoms with E-state index in [1.165, 1.54) is 18.2 Å². The highest BCUT2D eigenvalue weighted by Gasteiger charge is 2.31. The summed E-state index contributed by atoms with van der Waals surface area (Å²) in [6.07, 6.45) is -3.00. The summed E-state index contributed by atoms with van der Waals surface area (Å²) in [5.74, 6) is -2.15. The molecule has 0 aliphatic rings. The van der Waals surface area contributed by atoms with Crippen molar-refractivity contribution < 1.29 is 23.1 Å². The minimum absolute atomic E-state index is 0.0939. The van der Waals surface area contributed by atoms with Crippen LogP contribution in [0.3, 0.4) is 0 Å². The van der Waals surface area contributed by atoms with E-state index in [9.17, 15) is 18.0 Å². The smallest absolute Gasteiger partial charge is 0.416 e. The maximum atomic E-state index is 12.5. The van der Waals surface area contributed by atoms with E-state index in [0.717, 1.165) is 12.1 Å². The van der Waals surface area contributed by atoms with Crippen LogP contribution >= 0.6 is 0 Å². The van der Waals surface area contributed by atoms with Gasteiger partial charge in [0.15, 0.2) is 0 Å². The average Bonchev–Trinajstić information content (AvgIpc) is 2.24. The molecule has 0 saturated carbocycles. The van der Waals surface area contributed by atoms with Gasteiger partial charge in [-0.25, -0.2) is 0 Å². The highest BCUT2D eigenvalue weighted by Crippen LogP contribution is 2.31. The molecule has 5 heteroatoms. The van der Waals surface area contributed by atoms with Crippen LogP contribution in [0.1, 0.15) is 23.5 Å². The maximum absolute atomic E-state index is 12.5. The minimum Gasteiger partial charge on any atom is -0.481 e. The van der Waals surface area contributed by atoms with Crippen molar-refractivity contribution in [2.24, 2.45) is 0 Å². The topological polar surface area (TPSA) is 37.3 Å². The lowest BCUT2D eigenvalue weighted by atomic mass is 9.94. The van der Waals surface area contributed by atoms with Gasteiger partial charge in [-0.3, -0.25) is 4.79 Å². The van der Waals surface area contributed by atoms with Crippen molar-refractivity contribution in [1.29, 1.82) is 0 Å². The fraction of sp³-hybridized carbons (Fsp3) is 0.250. The molecule has 0 aliphatic carbocycles. The molecular weight excluding hydrogens is 233 g/mol. The van der Waals surface area contributed by atoms with Crippen molar-refractivity contribution in [3.63, 3.8) is 0 Å². The van der Waals surface area contributed by atoms with Gasteiger partial charge in [-0.2, -0.15) is 13.2 Å². The number of allylic oxidation sites excluding steroid dienone is 1. The predicted octanol–water partition coefficient (Wildman–Crippen LogP) is 3.45. The summed E-state index contributed by atoms with van der Waals surface area (Å²) in [6, 6.07) is 4.35. The van der Waals surface area contributed by atoms with Crippen LogP contribution in [0.2, 0.25) is 0 Å². The number of rotatable bonds is 4. The van der Waals surface area contributed by atoms with Gasteiger partial charge >= 0.3 is 12.1 Å². The number of aliphatic carboxylic acids is 1. The van der Waals surface area contributed by atoms with Gasteiger partial charge in [0.1, 0.15) is 0 Å². The number of hydrogen-bond acceptors (Lipinski definition) is 1. The molecule has 0 bridgehead atoms. The van der Waals surface area contributed by atoms with Crippen LogP contribution in [0.25, 0.3) is 0 Å². The molecule has 92 valence electrons. The Hall–Kier alpha value is -1.78. The fourth-order valence-corrected chi connectivity index (χ4v) is 1.48. The number of carboxylic acids is 1. The summed E-state index contributed by atoms with van der Waals surface area (Å²) >= 11 is 0. The Kier molecular flexibility index (Phi) is 3.93. The molecule has 0 radical (unpaired) electrons. The normalized spacial score (nSPS) is 13.1. The van der Waals surface area contributed by atoms with Gasteiger partial charge in [-0.1, -0.05) is 24.3 Å². The van der Waals surface area contributed by atoms with Crippen LogP contribution in [0.15, 0.2) is 36.9 Å². The second-order valence-corrected chi connectivity index (χ2v) is 3.54. The molecular formula is C12H11F3O2. The summed E-state index contributed by atoms with van der Waals surface area (Å²) in [5, 5.41) is 8.92. The van der Waals surface area contributed by atoms with Crippen LogP contribution in [-0.4, -0.2) is 11.1 Å². The Bertz CT molecular complexity index is 424. The number of alkyl halides is 3. The van der Waals surface area contributed by atoms with E-state index in [0.29, 0.717) is 0 Å². The Morgan fingerprint density at radius 1 is 1.47 bits per heavy atom. The van der Waals surface area contributed by atoms with Gasteiger partial charge in [0, 0.05) is 0 Å². The first-order valence-corrected chi connectivity index (χ1v) is 4.87. The number of carboxylic acid groups (broad SMARTS) is 1. The first-order valence-electron chi connectivity index (χ1n) is 4.87. The zero-order chi connectivity index (χ0) is 13.1. The van der Waals surface area contributed by atoms with Crippen molar-refractivity contribution in [1.82, 2.24) is 0 Å². The molecule has 1 N–H and O–H groups in total. The Labute approximate surface area is 96.4 Å². The third-order valence-corrected chi connectivity index (χ3v) is 2.32. The van der Waals surface area contributed by atoms with Crippen molar-refractivity contribution in [2.75, 3.05) is 0 Å². The Morgan fingerprint density at radius 2 is 2.12 bits per heavy atom. The van der Waals surface area contributed by atoms with E-state index in [1.54, 1.807) is 0 Å². The largest absolute Gasteiger partial charge is 0.481 e. The summed E-state index contributed by atoms with van der Waals surface area (Å²) in [4.78, 5) is 10.9. The molecule has 0 fully saturated rings. The monoisotopic (exact) mass is 244 g/mol. The predicted molar refractivity (Wildman–Crippen MR) is 56.6 cm³/mol. The third-order valence-electron chi connectivity index (χ3n) is 2.32. The van der Waals surface area contributed by atoms with E-state index < -0.39 is 23.6 Å². The van der Waals surface area contributed by atoms with Crippen LogP contribution in [0, 0.1) is 0 Å². The lowest BCUT2D eigenvalue weighted by Gasteiger charge is -2.13. The SMILES string of the molecule is C=CCC(C(=O)O)c1cccc(C(F)(F)F)c1. The molecule has 0 heterocycles. The van der Waals surface area contributed by atoms with Gasteiger partial charge in [-0.05, 0) is 18.1 Å². The minimum atomic E-state index is -4.47. The van der Waals surface area contributed by atoms with E-state index in [-0.39, 0.29) is 12.0 Å². The summed E-state index contributed by atoms with van der Waals surface area (Å²) < 4.78 is 37.4. The van der Waals surface area contributed by atoms with E-state index in [4.69, 9.17) is 5.11 Å². The summed E-state index contributed by atoms with van der Waals surface area (Å²) in [5.41, 5.74) is -0.711. The van der Waals surface area contributed by atoms with Gasteiger partial charge in [0.25, 0.3) is 0 Å². The first-order chi connectivity index (χ1) is 7.86. The van der Waals surface area contributed by atoms with Crippen molar-refractivity contribution >= 4 is 5.97 Å². The van der Waals surface area contributed by atoms with Crippen LogP contribution in [-0.2, 0) is 11.0 Å². The molecule has 1 atom stereocenters. The van der Waals surface area contributed by atoms with E-state index in [1.807, 2.05) is 0 Å². The molecule has 17 heavy (non-hydrogen) atoms. The maximum Gasteiger partial charge on any atom is 0.416 e. The van der Waals surface area contributed by atoms with Crippen molar-refractivity contribution in [2.45, 2.75) is 18.5 Å². The lowest BCUT2D eigenvalue weighted by Crippen LogP contribution is -2.12. The second-order valence-electron chi connectivity index (χ2n) is 3.54. The summed E-state index contributed by atoms with van der Waals surface area (Å²) in [7, 11) is 0. The molecule has 1 rings (SSSR count). The van der Waals surface area contributed by atoms with Gasteiger partial charge in [-0.15, -0.1) is 6.58 Å². The Balaban J connectivity index is 3.13. The first kappa shape index (κ1) is 13.3. The molecule has 1 aromatic carbocycles. The van der Waals surface area contributed by atoms with Gasteiger partial charge in [0.05, 0.1) is 11.5 Å². The molecule has 0 spiro atoms. The van der Waals surface area contributed by atoms with Crippen molar-refractivity contribution in [3.8, 4) is 0 Å². The molecule has 1 aromatic rings. The third kappa shape index (κ3) is 3.34. The van der Waals surface area contributed by atoms with E-state index >= 15 is 0 Å². The quantitative estimate of drug-likeness (QED) is 0.823. The molecule has 0 aliphatic heterocycles. The zero-order valence-electron chi connectivity index (χ0n) is 8.87. The van der Waals surface area contributed by atoms with Crippen molar-refractivity contribution in [3.05, 3.63) is 48.0 Å². The number of carbonyl (C=O) groups is 1. The van der Waals surface area contributed by atoms with Gasteiger partial charge < -0.3 is 5.11 Å².